The molecule has 1 unspecified atom stereocenters. The third-order valence-corrected chi connectivity index (χ3v) is 3.22. The number of anilines is 1. The molecule has 1 aliphatic heterocycles. The second kappa shape index (κ2) is 4.97. The minimum atomic E-state index is -0.272. The largest absolute Gasteiger partial charge is 0.337 e. The molecule has 1 saturated heterocycles. The highest BCUT2D eigenvalue weighted by Gasteiger charge is 2.19. The van der Waals surface area contributed by atoms with E-state index in [9.17, 15) is 4.39 Å². The van der Waals surface area contributed by atoms with Gasteiger partial charge in [-0.05, 0) is 19.1 Å². The van der Waals surface area contributed by atoms with Crippen LogP contribution in [0.25, 0.3) is 11.4 Å². The summed E-state index contributed by atoms with van der Waals surface area (Å²) in [7, 11) is 0. The Hall–Kier alpha value is -1.95. The van der Waals surface area contributed by atoms with Gasteiger partial charge < -0.3 is 10.2 Å². The molecule has 0 saturated carbocycles. The number of halogens is 1. The molecular weight excluding hydrogens is 245 g/mol. The zero-order chi connectivity index (χ0) is 13.2. The molecule has 6 heteroatoms. The highest BCUT2D eigenvalue weighted by molar-refractivity contribution is 5.56. The molecule has 2 heterocycles. The zero-order valence-electron chi connectivity index (χ0n) is 10.7. The molecule has 0 radical (unpaired) electrons. The first-order valence-electron chi connectivity index (χ1n) is 6.39. The fourth-order valence-electron chi connectivity index (χ4n) is 2.27. The number of hydrogen-bond acceptors (Lipinski definition) is 4. The molecule has 0 aliphatic carbocycles. The van der Waals surface area contributed by atoms with Gasteiger partial charge in [0.25, 0.3) is 0 Å². The third-order valence-electron chi connectivity index (χ3n) is 3.22. The smallest absolute Gasteiger partial charge is 0.245 e. The van der Waals surface area contributed by atoms with Gasteiger partial charge in [0, 0.05) is 31.2 Å². The first-order chi connectivity index (χ1) is 9.22. The van der Waals surface area contributed by atoms with Crippen LogP contribution in [-0.2, 0) is 0 Å². The van der Waals surface area contributed by atoms with E-state index in [1.54, 1.807) is 6.07 Å². The molecule has 1 aromatic heterocycles. The number of piperazine rings is 1. The van der Waals surface area contributed by atoms with E-state index in [2.05, 4.69) is 32.3 Å². The maximum Gasteiger partial charge on any atom is 0.245 e. The summed E-state index contributed by atoms with van der Waals surface area (Å²) in [5, 5.41) is 10.5. The van der Waals surface area contributed by atoms with Crippen LogP contribution >= 0.6 is 0 Å². The molecule has 5 nitrogen and oxygen atoms in total. The number of benzene rings is 1. The van der Waals surface area contributed by atoms with Gasteiger partial charge in [-0.1, -0.05) is 12.1 Å². The first kappa shape index (κ1) is 12.1. The lowest BCUT2D eigenvalue weighted by molar-refractivity contribution is 0.480. The molecular formula is C13H16FN5. The van der Waals surface area contributed by atoms with E-state index in [1.165, 1.54) is 12.1 Å². The quantitative estimate of drug-likeness (QED) is 0.858. The first-order valence-corrected chi connectivity index (χ1v) is 6.39. The average molecular weight is 261 g/mol. The highest BCUT2D eigenvalue weighted by Crippen LogP contribution is 2.19. The van der Waals surface area contributed by atoms with Crippen molar-refractivity contribution in [3.05, 3.63) is 30.1 Å². The van der Waals surface area contributed by atoms with Crippen molar-refractivity contribution in [2.24, 2.45) is 0 Å². The average Bonchev–Trinajstić information content (AvgIpc) is 2.88. The summed E-state index contributed by atoms with van der Waals surface area (Å²) in [5.74, 6) is 1.000. The van der Waals surface area contributed by atoms with Crippen molar-refractivity contribution in [3.8, 4) is 11.4 Å². The molecule has 1 aliphatic rings. The SMILES string of the molecule is CC1CN(c2n[nH]c(-c3cccc(F)c3)n2)CCN1. The highest BCUT2D eigenvalue weighted by atomic mass is 19.1. The molecule has 3 rings (SSSR count). The Morgan fingerprint density at radius 2 is 2.32 bits per heavy atom. The minimum Gasteiger partial charge on any atom is -0.337 e. The van der Waals surface area contributed by atoms with Crippen LogP contribution in [0.2, 0.25) is 0 Å². The molecule has 2 N–H and O–H groups in total. The molecule has 0 amide bonds. The van der Waals surface area contributed by atoms with Gasteiger partial charge in [0.05, 0.1) is 0 Å². The van der Waals surface area contributed by atoms with Gasteiger partial charge in [-0.3, -0.25) is 5.10 Å². The van der Waals surface area contributed by atoms with E-state index in [-0.39, 0.29) is 5.82 Å². The van der Waals surface area contributed by atoms with E-state index in [0.29, 0.717) is 23.4 Å². The predicted octanol–water partition coefficient (Wildman–Crippen LogP) is 1.41. The van der Waals surface area contributed by atoms with Gasteiger partial charge in [0.1, 0.15) is 5.82 Å². The van der Waals surface area contributed by atoms with Crippen LogP contribution in [0.15, 0.2) is 24.3 Å². The van der Waals surface area contributed by atoms with E-state index < -0.39 is 0 Å². The van der Waals surface area contributed by atoms with Gasteiger partial charge in [0.15, 0.2) is 5.82 Å². The van der Waals surface area contributed by atoms with Gasteiger partial charge in [-0.15, -0.1) is 5.10 Å². The standard InChI is InChI=1S/C13H16FN5/c1-9-8-19(6-5-15-9)13-16-12(17-18-13)10-3-2-4-11(14)7-10/h2-4,7,9,15H,5-6,8H2,1H3,(H,16,17,18). The summed E-state index contributed by atoms with van der Waals surface area (Å²) in [6, 6.07) is 6.77. The predicted molar refractivity (Wildman–Crippen MR) is 71.5 cm³/mol. The summed E-state index contributed by atoms with van der Waals surface area (Å²) in [4.78, 5) is 6.57. The monoisotopic (exact) mass is 261 g/mol. The molecule has 0 spiro atoms. The molecule has 0 bridgehead atoms. The van der Waals surface area contributed by atoms with Crippen molar-refractivity contribution in [3.63, 3.8) is 0 Å². The molecule has 1 fully saturated rings. The lowest BCUT2D eigenvalue weighted by atomic mass is 10.2. The number of aromatic nitrogens is 3. The Labute approximate surface area is 110 Å². The van der Waals surface area contributed by atoms with E-state index in [4.69, 9.17) is 0 Å². The Morgan fingerprint density at radius 3 is 3.11 bits per heavy atom. The Balaban J connectivity index is 1.83. The number of aromatic amines is 1. The third kappa shape index (κ3) is 2.58. The summed E-state index contributed by atoms with van der Waals surface area (Å²) in [6.07, 6.45) is 0. The zero-order valence-corrected chi connectivity index (χ0v) is 10.7. The summed E-state index contributed by atoms with van der Waals surface area (Å²) in [5.41, 5.74) is 0.710. The topological polar surface area (TPSA) is 56.8 Å². The van der Waals surface area contributed by atoms with Crippen molar-refractivity contribution >= 4 is 5.95 Å². The lowest BCUT2D eigenvalue weighted by Crippen LogP contribution is -2.49. The van der Waals surface area contributed by atoms with Crippen LogP contribution < -0.4 is 10.2 Å². The van der Waals surface area contributed by atoms with E-state index >= 15 is 0 Å². The van der Waals surface area contributed by atoms with Gasteiger partial charge in [-0.25, -0.2) is 4.39 Å². The fraction of sp³-hybridized carbons (Fsp3) is 0.385. The van der Waals surface area contributed by atoms with Gasteiger partial charge >= 0.3 is 0 Å². The van der Waals surface area contributed by atoms with Gasteiger partial charge in [0.2, 0.25) is 5.95 Å². The van der Waals surface area contributed by atoms with Crippen LogP contribution in [0.5, 0.6) is 0 Å². The molecule has 19 heavy (non-hydrogen) atoms. The minimum absolute atomic E-state index is 0.272. The summed E-state index contributed by atoms with van der Waals surface area (Å²) in [6.45, 7) is 4.81. The van der Waals surface area contributed by atoms with Gasteiger partial charge in [-0.2, -0.15) is 4.98 Å². The van der Waals surface area contributed by atoms with Crippen LogP contribution in [-0.4, -0.2) is 40.9 Å². The lowest BCUT2D eigenvalue weighted by Gasteiger charge is -2.30. The van der Waals surface area contributed by atoms with Crippen LogP contribution in [0.4, 0.5) is 10.3 Å². The Morgan fingerprint density at radius 1 is 1.42 bits per heavy atom. The molecule has 1 aromatic carbocycles. The van der Waals surface area contributed by atoms with Crippen LogP contribution in [0.3, 0.4) is 0 Å². The van der Waals surface area contributed by atoms with E-state index in [0.717, 1.165) is 19.6 Å². The number of H-pyrrole nitrogens is 1. The normalized spacial score (nSPS) is 19.7. The summed E-state index contributed by atoms with van der Waals surface area (Å²) < 4.78 is 13.2. The maximum atomic E-state index is 13.2. The van der Waals surface area contributed by atoms with Crippen molar-refractivity contribution in [2.75, 3.05) is 24.5 Å². The molecule has 2 aromatic rings. The number of hydrogen-bond donors (Lipinski definition) is 2. The van der Waals surface area contributed by atoms with Crippen LogP contribution in [0.1, 0.15) is 6.92 Å². The Kier molecular flexibility index (Phi) is 3.16. The second-order valence-electron chi connectivity index (χ2n) is 4.80. The molecule has 100 valence electrons. The number of nitrogens with zero attached hydrogens (tertiary/aromatic N) is 3. The van der Waals surface area contributed by atoms with Crippen molar-refractivity contribution in [1.82, 2.24) is 20.5 Å². The van der Waals surface area contributed by atoms with Crippen molar-refractivity contribution < 1.29 is 4.39 Å². The fourth-order valence-corrected chi connectivity index (χ4v) is 2.27. The number of rotatable bonds is 2. The molecule has 1 atom stereocenters. The summed E-state index contributed by atoms with van der Waals surface area (Å²) >= 11 is 0. The van der Waals surface area contributed by atoms with Crippen molar-refractivity contribution in [2.45, 2.75) is 13.0 Å². The van der Waals surface area contributed by atoms with Crippen molar-refractivity contribution in [1.29, 1.82) is 0 Å². The number of nitrogens with one attached hydrogen (secondary N) is 2. The van der Waals surface area contributed by atoms with E-state index in [1.807, 2.05) is 6.07 Å². The van der Waals surface area contributed by atoms with Crippen LogP contribution in [0, 0.1) is 5.82 Å². The second-order valence-corrected chi connectivity index (χ2v) is 4.80. The maximum absolute atomic E-state index is 13.2. The Bertz CT molecular complexity index is 568.